The molecule has 2 heterocycles. The minimum atomic E-state index is -0.442. The fourth-order valence-corrected chi connectivity index (χ4v) is 6.29. The normalized spacial score (nSPS) is 29.7. The van der Waals surface area contributed by atoms with Crippen molar-refractivity contribution in [3.63, 3.8) is 0 Å². The van der Waals surface area contributed by atoms with Crippen LogP contribution in [0.5, 0.6) is 0 Å². The summed E-state index contributed by atoms with van der Waals surface area (Å²) in [5.41, 5.74) is 1.16. The van der Waals surface area contributed by atoms with Crippen molar-refractivity contribution in [3.05, 3.63) is 51.7 Å². The van der Waals surface area contributed by atoms with Gasteiger partial charge in [-0.1, -0.05) is 11.6 Å². The Morgan fingerprint density at radius 1 is 1.27 bits per heavy atom. The van der Waals surface area contributed by atoms with Crippen LogP contribution in [0.25, 0.3) is 0 Å². The molecular formula is C22H26ClN5O2. The number of hydrogen-bond donors (Lipinski definition) is 2. The molecule has 0 saturated heterocycles. The maximum Gasteiger partial charge on any atom is 0.288 e. The van der Waals surface area contributed by atoms with Crippen molar-refractivity contribution in [1.82, 2.24) is 20.1 Å². The summed E-state index contributed by atoms with van der Waals surface area (Å²) in [6.45, 7) is 1.71. The first-order valence-electron chi connectivity index (χ1n) is 10.7. The third-order valence-corrected chi connectivity index (χ3v) is 7.60. The second-order valence-electron chi connectivity index (χ2n) is 9.23. The van der Waals surface area contributed by atoms with Gasteiger partial charge in [-0.3, -0.25) is 14.6 Å². The Morgan fingerprint density at radius 3 is 2.67 bits per heavy atom. The van der Waals surface area contributed by atoms with Crippen LogP contribution < -0.4 is 16.2 Å². The Bertz CT molecular complexity index is 1010. The van der Waals surface area contributed by atoms with Gasteiger partial charge in [-0.15, -0.1) is 0 Å². The number of carbonyl (C=O) groups is 1. The van der Waals surface area contributed by atoms with Crippen molar-refractivity contribution in [2.45, 2.75) is 57.2 Å². The van der Waals surface area contributed by atoms with Gasteiger partial charge in [0.15, 0.2) is 0 Å². The van der Waals surface area contributed by atoms with Crippen molar-refractivity contribution < 1.29 is 4.79 Å². The molecular weight excluding hydrogens is 402 g/mol. The lowest BCUT2D eigenvalue weighted by molar-refractivity contribution is -0.122. The van der Waals surface area contributed by atoms with Crippen LogP contribution in [0.4, 0.5) is 5.69 Å². The highest BCUT2D eigenvalue weighted by Gasteiger charge is 2.57. The second kappa shape index (κ2) is 7.38. The van der Waals surface area contributed by atoms with Crippen molar-refractivity contribution in [1.29, 1.82) is 0 Å². The minimum Gasteiger partial charge on any atom is -0.377 e. The van der Waals surface area contributed by atoms with Crippen LogP contribution in [-0.4, -0.2) is 26.2 Å². The zero-order chi connectivity index (χ0) is 20.9. The molecule has 6 rings (SSSR count). The Hall–Kier alpha value is -2.41. The van der Waals surface area contributed by atoms with Crippen molar-refractivity contribution in [3.8, 4) is 0 Å². The molecule has 0 aliphatic heterocycles. The van der Waals surface area contributed by atoms with E-state index in [9.17, 15) is 9.59 Å². The minimum absolute atomic E-state index is 0.0644. The average molecular weight is 428 g/mol. The molecule has 4 aliphatic carbocycles. The number of anilines is 1. The van der Waals surface area contributed by atoms with Crippen LogP contribution in [0.15, 0.2) is 35.5 Å². The Labute approximate surface area is 180 Å². The number of hydrogen-bond acceptors (Lipinski definition) is 5. The fourth-order valence-electron chi connectivity index (χ4n) is 6.09. The molecule has 4 saturated carbocycles. The Kier molecular flexibility index (Phi) is 4.81. The van der Waals surface area contributed by atoms with E-state index in [0.29, 0.717) is 11.6 Å². The van der Waals surface area contributed by atoms with Crippen molar-refractivity contribution in [2.75, 3.05) is 5.32 Å². The van der Waals surface area contributed by atoms with E-state index >= 15 is 0 Å². The lowest BCUT2D eigenvalue weighted by Crippen LogP contribution is -2.41. The second-order valence-corrected chi connectivity index (χ2v) is 9.61. The molecule has 8 heteroatoms. The molecule has 0 aromatic carbocycles. The van der Waals surface area contributed by atoms with Gasteiger partial charge in [0.1, 0.15) is 11.6 Å². The predicted octanol–water partition coefficient (Wildman–Crippen LogP) is 3.16. The van der Waals surface area contributed by atoms with Crippen molar-refractivity contribution >= 4 is 23.2 Å². The van der Waals surface area contributed by atoms with Gasteiger partial charge >= 0.3 is 0 Å². The van der Waals surface area contributed by atoms with Crippen LogP contribution >= 0.6 is 11.6 Å². The fraction of sp³-hybridized carbons (Fsp3) is 0.545. The monoisotopic (exact) mass is 427 g/mol. The zero-order valence-corrected chi connectivity index (χ0v) is 17.7. The van der Waals surface area contributed by atoms with E-state index in [4.69, 9.17) is 11.6 Å². The first kappa shape index (κ1) is 19.5. The van der Waals surface area contributed by atoms with Gasteiger partial charge in [-0.25, -0.2) is 4.68 Å². The summed E-state index contributed by atoms with van der Waals surface area (Å²) in [7, 11) is 0. The molecule has 1 amide bonds. The maximum absolute atomic E-state index is 12.8. The molecule has 30 heavy (non-hydrogen) atoms. The van der Waals surface area contributed by atoms with E-state index in [1.54, 1.807) is 18.6 Å². The van der Waals surface area contributed by atoms with Gasteiger partial charge in [0.25, 0.3) is 5.56 Å². The van der Waals surface area contributed by atoms with Gasteiger partial charge in [0.2, 0.25) is 5.91 Å². The van der Waals surface area contributed by atoms with Crippen molar-refractivity contribution in [2.24, 2.45) is 17.8 Å². The molecule has 4 bridgehead atoms. The first-order valence-corrected chi connectivity index (χ1v) is 11.0. The molecule has 4 fully saturated rings. The number of nitrogens with one attached hydrogen (secondary N) is 2. The molecule has 4 aliphatic rings. The third kappa shape index (κ3) is 3.39. The molecule has 3 atom stereocenters. The van der Waals surface area contributed by atoms with Gasteiger partial charge in [-0.05, 0) is 74.5 Å². The van der Waals surface area contributed by atoms with E-state index in [1.165, 1.54) is 19.3 Å². The highest BCUT2D eigenvalue weighted by atomic mass is 35.5. The smallest absolute Gasteiger partial charge is 0.288 e. The number of amides is 1. The first-order chi connectivity index (χ1) is 14.4. The molecule has 0 radical (unpaired) electrons. The highest BCUT2D eigenvalue weighted by Crippen LogP contribution is 2.61. The SMILES string of the molecule is C[C@@H](NC(=O)Cn1ncc(NC23CC4CC(CC2C4)C3)c(Cl)c1=O)c1ccncc1. The summed E-state index contributed by atoms with van der Waals surface area (Å²) in [6.07, 6.45) is 11.2. The van der Waals surface area contributed by atoms with Crippen LogP contribution in [0.1, 0.15) is 50.6 Å². The van der Waals surface area contributed by atoms with Crippen LogP contribution in [0.3, 0.4) is 0 Å². The lowest BCUT2D eigenvalue weighted by Gasteiger charge is -2.35. The standard InChI is InChI=1S/C22H26ClN5O2/c1-13(16-2-4-24-5-3-16)26-19(29)12-28-21(30)20(23)18(11-25-28)27-22-9-14-6-15(10-22)8-17(22)7-14/h2-5,11,13-15,17,27H,6-10,12H2,1H3,(H,26,29)/t13-,14?,15?,17?,22?/m1/s1. The number of pyridine rings is 1. The van der Waals surface area contributed by atoms with E-state index < -0.39 is 5.56 Å². The summed E-state index contributed by atoms with van der Waals surface area (Å²) < 4.78 is 1.12. The van der Waals surface area contributed by atoms with Gasteiger partial charge in [0.05, 0.1) is 17.9 Å². The lowest BCUT2D eigenvalue weighted by atomic mass is 9.80. The molecule has 2 aromatic rings. The molecule has 158 valence electrons. The molecule has 2 aromatic heterocycles. The van der Waals surface area contributed by atoms with Gasteiger partial charge < -0.3 is 10.6 Å². The topological polar surface area (TPSA) is 88.9 Å². The van der Waals surface area contributed by atoms with E-state index in [-0.39, 0.29) is 29.1 Å². The molecule has 2 N–H and O–H groups in total. The summed E-state index contributed by atoms with van der Waals surface area (Å²) in [6, 6.07) is 3.49. The zero-order valence-electron chi connectivity index (χ0n) is 17.0. The summed E-state index contributed by atoms with van der Waals surface area (Å²) >= 11 is 6.42. The summed E-state index contributed by atoms with van der Waals surface area (Å²) in [5, 5.41) is 10.8. The maximum atomic E-state index is 12.8. The molecule has 0 spiro atoms. The summed E-state index contributed by atoms with van der Waals surface area (Å²) in [5.74, 6) is 1.97. The van der Waals surface area contributed by atoms with E-state index in [2.05, 4.69) is 20.7 Å². The predicted molar refractivity (Wildman–Crippen MR) is 114 cm³/mol. The van der Waals surface area contributed by atoms with Crippen LogP contribution in [0.2, 0.25) is 5.02 Å². The van der Waals surface area contributed by atoms with E-state index in [1.807, 2.05) is 19.1 Å². The Morgan fingerprint density at radius 2 is 1.97 bits per heavy atom. The molecule has 7 nitrogen and oxygen atoms in total. The van der Waals surface area contributed by atoms with Gasteiger partial charge in [0, 0.05) is 17.9 Å². The average Bonchev–Trinajstić information content (AvgIpc) is 3.11. The quantitative estimate of drug-likeness (QED) is 0.739. The highest BCUT2D eigenvalue weighted by molar-refractivity contribution is 6.33. The van der Waals surface area contributed by atoms with E-state index in [0.717, 1.165) is 34.9 Å². The largest absolute Gasteiger partial charge is 0.377 e. The summed E-state index contributed by atoms with van der Waals surface area (Å²) in [4.78, 5) is 29.2. The number of nitrogens with zero attached hydrogens (tertiary/aromatic N) is 3. The number of rotatable bonds is 6. The van der Waals surface area contributed by atoms with Crippen LogP contribution in [0, 0.1) is 17.8 Å². The van der Waals surface area contributed by atoms with Gasteiger partial charge in [-0.2, -0.15) is 5.10 Å². The Balaban J connectivity index is 1.28. The third-order valence-electron chi connectivity index (χ3n) is 7.24. The van der Waals surface area contributed by atoms with Crippen LogP contribution in [-0.2, 0) is 11.3 Å². The number of carbonyl (C=O) groups excluding carboxylic acids is 1. The number of halogens is 1. The number of aromatic nitrogens is 3. The molecule has 2 unspecified atom stereocenters.